The number of aromatic nitrogens is 1. The van der Waals surface area contributed by atoms with Crippen molar-refractivity contribution in [2.45, 2.75) is 38.2 Å². The third-order valence-electron chi connectivity index (χ3n) is 2.21. The largest absolute Gasteiger partial charge is 0.443 e. The van der Waals surface area contributed by atoms with Gasteiger partial charge in [-0.05, 0) is 13.0 Å². The molecule has 0 fully saturated rings. The third-order valence-corrected chi connectivity index (χ3v) is 2.21. The van der Waals surface area contributed by atoms with Gasteiger partial charge in [0.15, 0.2) is 0 Å². The van der Waals surface area contributed by atoms with Gasteiger partial charge in [-0.15, -0.1) is 0 Å². The van der Waals surface area contributed by atoms with Gasteiger partial charge in [-0.25, -0.2) is 4.98 Å². The highest BCUT2D eigenvalue weighted by molar-refractivity contribution is 5.08. The average Bonchev–Trinajstić information content (AvgIpc) is 2.62. The summed E-state index contributed by atoms with van der Waals surface area (Å²) in [4.78, 5) is 3.41. The Hall–Kier alpha value is -1.25. The molecule has 1 aromatic heterocycles. The van der Waals surface area contributed by atoms with Gasteiger partial charge in [0.05, 0.1) is 12.7 Å². The Labute approximate surface area is 105 Å². The summed E-state index contributed by atoms with van der Waals surface area (Å²) in [5.41, 5.74) is 0. The van der Waals surface area contributed by atoms with Crippen molar-refractivity contribution in [2.75, 3.05) is 6.54 Å². The molecule has 0 spiro atoms. The van der Waals surface area contributed by atoms with Crippen LogP contribution in [0.25, 0.3) is 0 Å². The maximum atomic E-state index is 12.4. The molecule has 0 radical (unpaired) electrons. The molecule has 0 aliphatic heterocycles. The molecule has 1 aromatic rings. The molecular weight excluding hydrogens is 278 g/mol. The van der Waals surface area contributed by atoms with Crippen LogP contribution in [0.2, 0.25) is 0 Å². The SMILES string of the molecule is CCCNCc1ncc(C(C(F)(F)F)C(F)(F)F)o1. The summed E-state index contributed by atoms with van der Waals surface area (Å²) in [6.45, 7) is 2.40. The zero-order valence-corrected chi connectivity index (χ0v) is 9.90. The van der Waals surface area contributed by atoms with Gasteiger partial charge in [0.25, 0.3) is 0 Å². The molecule has 0 bridgehead atoms. The molecular formula is C10H12F6N2O. The lowest BCUT2D eigenvalue weighted by Crippen LogP contribution is -2.33. The molecule has 0 saturated carbocycles. The molecule has 0 unspecified atom stereocenters. The van der Waals surface area contributed by atoms with Gasteiger partial charge in [-0.2, -0.15) is 26.3 Å². The lowest BCUT2D eigenvalue weighted by molar-refractivity contribution is -0.257. The average molecular weight is 290 g/mol. The first-order valence-corrected chi connectivity index (χ1v) is 5.45. The number of rotatable bonds is 5. The van der Waals surface area contributed by atoms with Crippen molar-refractivity contribution >= 4 is 0 Å². The number of nitrogens with zero attached hydrogens (tertiary/aromatic N) is 1. The molecule has 1 rings (SSSR count). The molecule has 0 atom stereocenters. The quantitative estimate of drug-likeness (QED) is 0.667. The lowest BCUT2D eigenvalue weighted by atomic mass is 10.1. The van der Waals surface area contributed by atoms with Crippen LogP contribution in [0.5, 0.6) is 0 Å². The van der Waals surface area contributed by atoms with Crippen molar-refractivity contribution in [2.24, 2.45) is 0 Å². The van der Waals surface area contributed by atoms with Gasteiger partial charge >= 0.3 is 12.4 Å². The number of hydrogen-bond donors (Lipinski definition) is 1. The Morgan fingerprint density at radius 3 is 2.26 bits per heavy atom. The molecule has 0 amide bonds. The van der Waals surface area contributed by atoms with E-state index < -0.39 is 24.0 Å². The number of hydrogen-bond acceptors (Lipinski definition) is 3. The fraction of sp³-hybridized carbons (Fsp3) is 0.700. The minimum atomic E-state index is -5.47. The van der Waals surface area contributed by atoms with E-state index in [9.17, 15) is 26.3 Å². The van der Waals surface area contributed by atoms with Crippen LogP contribution in [0, 0.1) is 0 Å². The molecule has 110 valence electrons. The minimum Gasteiger partial charge on any atom is -0.443 e. The summed E-state index contributed by atoms with van der Waals surface area (Å²) >= 11 is 0. The standard InChI is InChI=1S/C10H12F6N2O/c1-2-3-17-5-7-18-4-6(19-7)8(9(11,12)13)10(14,15)16/h4,8,17H,2-3,5H2,1H3. The van der Waals surface area contributed by atoms with E-state index in [0.29, 0.717) is 12.7 Å². The molecule has 0 aliphatic carbocycles. The summed E-state index contributed by atoms with van der Waals surface area (Å²) < 4.78 is 78.9. The van der Waals surface area contributed by atoms with E-state index in [0.717, 1.165) is 6.42 Å². The molecule has 9 heteroatoms. The fourth-order valence-corrected chi connectivity index (χ4v) is 1.42. The van der Waals surface area contributed by atoms with E-state index in [4.69, 9.17) is 0 Å². The second-order valence-corrected chi connectivity index (χ2v) is 3.85. The number of alkyl halides is 6. The van der Waals surface area contributed by atoms with Gasteiger partial charge in [0.1, 0.15) is 5.76 Å². The third kappa shape index (κ3) is 4.41. The van der Waals surface area contributed by atoms with Crippen LogP contribution in [0.4, 0.5) is 26.3 Å². The normalized spacial score (nSPS) is 13.3. The first-order valence-electron chi connectivity index (χ1n) is 5.45. The van der Waals surface area contributed by atoms with E-state index in [1.807, 2.05) is 6.92 Å². The Kier molecular flexibility index (Phi) is 4.83. The summed E-state index contributed by atoms with van der Waals surface area (Å²) in [6.07, 6.45) is -9.70. The summed E-state index contributed by atoms with van der Waals surface area (Å²) in [5.74, 6) is -5.09. The molecule has 1 heterocycles. The first kappa shape index (κ1) is 15.8. The highest BCUT2D eigenvalue weighted by Crippen LogP contribution is 2.46. The van der Waals surface area contributed by atoms with Crippen LogP contribution in [0.1, 0.15) is 30.9 Å². The maximum Gasteiger partial charge on any atom is 0.407 e. The van der Waals surface area contributed by atoms with Crippen molar-refractivity contribution < 1.29 is 30.8 Å². The second kappa shape index (κ2) is 5.81. The van der Waals surface area contributed by atoms with Crippen molar-refractivity contribution in [3.8, 4) is 0 Å². The van der Waals surface area contributed by atoms with Crippen LogP contribution < -0.4 is 5.32 Å². The van der Waals surface area contributed by atoms with Crippen molar-refractivity contribution in [3.63, 3.8) is 0 Å². The predicted octanol–water partition coefficient (Wildman–Crippen LogP) is 3.38. The van der Waals surface area contributed by atoms with Crippen LogP contribution in [-0.2, 0) is 6.54 Å². The minimum absolute atomic E-state index is 0.0176. The summed E-state index contributed by atoms with van der Waals surface area (Å²) in [7, 11) is 0. The van der Waals surface area contributed by atoms with E-state index in [1.165, 1.54) is 0 Å². The Bertz CT molecular complexity index is 383. The summed E-state index contributed by atoms with van der Waals surface area (Å²) in [6, 6.07) is 0. The van der Waals surface area contributed by atoms with Gasteiger partial charge < -0.3 is 9.73 Å². The lowest BCUT2D eigenvalue weighted by Gasteiger charge is -2.20. The van der Waals surface area contributed by atoms with Gasteiger partial charge in [0.2, 0.25) is 11.8 Å². The van der Waals surface area contributed by atoms with Crippen molar-refractivity contribution in [1.82, 2.24) is 10.3 Å². The Morgan fingerprint density at radius 2 is 1.79 bits per heavy atom. The smallest absolute Gasteiger partial charge is 0.407 e. The zero-order chi connectivity index (χ0) is 14.7. The first-order chi connectivity index (χ1) is 8.66. The molecule has 0 saturated heterocycles. The van der Waals surface area contributed by atoms with E-state index in [-0.39, 0.29) is 12.4 Å². The molecule has 3 nitrogen and oxygen atoms in total. The zero-order valence-electron chi connectivity index (χ0n) is 9.90. The fourth-order valence-electron chi connectivity index (χ4n) is 1.42. The van der Waals surface area contributed by atoms with Gasteiger partial charge in [-0.3, -0.25) is 0 Å². The highest BCUT2D eigenvalue weighted by atomic mass is 19.4. The predicted molar refractivity (Wildman–Crippen MR) is 53.4 cm³/mol. The summed E-state index contributed by atoms with van der Waals surface area (Å²) in [5, 5.41) is 2.76. The Balaban J connectivity index is 2.87. The number of halogens is 6. The topological polar surface area (TPSA) is 38.1 Å². The maximum absolute atomic E-state index is 12.4. The van der Waals surface area contributed by atoms with Crippen LogP contribution in [0.15, 0.2) is 10.6 Å². The van der Waals surface area contributed by atoms with Crippen LogP contribution in [-0.4, -0.2) is 23.9 Å². The second-order valence-electron chi connectivity index (χ2n) is 3.85. The van der Waals surface area contributed by atoms with Crippen molar-refractivity contribution in [1.29, 1.82) is 0 Å². The number of nitrogens with one attached hydrogen (secondary N) is 1. The van der Waals surface area contributed by atoms with E-state index >= 15 is 0 Å². The van der Waals surface area contributed by atoms with Crippen LogP contribution in [0.3, 0.4) is 0 Å². The van der Waals surface area contributed by atoms with E-state index in [2.05, 4.69) is 14.7 Å². The number of oxazole rings is 1. The molecule has 19 heavy (non-hydrogen) atoms. The molecule has 1 N–H and O–H groups in total. The highest BCUT2D eigenvalue weighted by Gasteiger charge is 2.59. The van der Waals surface area contributed by atoms with Gasteiger partial charge in [0, 0.05) is 0 Å². The molecule has 0 aromatic carbocycles. The van der Waals surface area contributed by atoms with E-state index in [1.54, 1.807) is 0 Å². The Morgan fingerprint density at radius 1 is 1.21 bits per heavy atom. The van der Waals surface area contributed by atoms with Crippen molar-refractivity contribution in [3.05, 3.63) is 17.8 Å². The monoisotopic (exact) mass is 290 g/mol. The van der Waals surface area contributed by atoms with Gasteiger partial charge in [-0.1, -0.05) is 6.92 Å². The molecule has 0 aliphatic rings. The van der Waals surface area contributed by atoms with Crippen LogP contribution >= 0.6 is 0 Å².